The third-order valence-corrected chi connectivity index (χ3v) is 5.10. The maximum atomic E-state index is 4.26. The number of hydrogen-bond donors (Lipinski definition) is 0. The summed E-state index contributed by atoms with van der Waals surface area (Å²) in [7, 11) is 0. The van der Waals surface area contributed by atoms with Gasteiger partial charge in [0.2, 0.25) is 0 Å². The van der Waals surface area contributed by atoms with Gasteiger partial charge in [0.15, 0.2) is 0 Å². The summed E-state index contributed by atoms with van der Waals surface area (Å²) in [6.45, 7) is 26.1. The van der Waals surface area contributed by atoms with Crippen molar-refractivity contribution in [1.82, 2.24) is 0 Å². The fraction of sp³-hybridized carbons (Fsp3) is 0.385. The van der Waals surface area contributed by atoms with Crippen LogP contribution in [0.1, 0.15) is 63.8 Å². The minimum Gasteiger partial charge on any atom is -0.311 e. The maximum absolute atomic E-state index is 4.26. The number of rotatable bonds is 4. The highest BCUT2D eigenvalue weighted by atomic mass is 15.1. The van der Waals surface area contributed by atoms with Gasteiger partial charge < -0.3 is 4.90 Å². The summed E-state index contributed by atoms with van der Waals surface area (Å²) in [6, 6.07) is 13.4. The second-order valence-corrected chi connectivity index (χ2v) is 9.54. The average Bonchev–Trinajstić information content (AvgIpc) is 2.55. The number of benzene rings is 2. The van der Waals surface area contributed by atoms with Crippen LogP contribution in [0.25, 0.3) is 0 Å². The molecule has 0 unspecified atom stereocenters. The number of anilines is 2. The number of nitrogens with zero attached hydrogens (tertiary/aromatic N) is 1. The van der Waals surface area contributed by atoms with E-state index in [1.807, 2.05) is 6.08 Å². The minimum atomic E-state index is 0.128. The molecule has 0 atom stereocenters. The highest BCUT2D eigenvalue weighted by Crippen LogP contribution is 2.38. The zero-order valence-corrected chi connectivity index (χ0v) is 18.4. The minimum absolute atomic E-state index is 0.128. The van der Waals surface area contributed by atoms with Gasteiger partial charge in [-0.3, -0.25) is 0 Å². The van der Waals surface area contributed by atoms with Crippen LogP contribution in [0.5, 0.6) is 0 Å². The van der Waals surface area contributed by atoms with Crippen molar-refractivity contribution < 1.29 is 0 Å². The molecule has 0 bridgehead atoms. The molecule has 0 fully saturated rings. The number of allylic oxidation sites excluding steroid dienone is 1. The van der Waals surface area contributed by atoms with E-state index in [1.165, 1.54) is 27.9 Å². The fourth-order valence-electron chi connectivity index (χ4n) is 3.38. The Morgan fingerprint density at radius 1 is 0.815 bits per heavy atom. The van der Waals surface area contributed by atoms with Crippen LogP contribution < -0.4 is 4.90 Å². The Kier molecular flexibility index (Phi) is 5.75. The van der Waals surface area contributed by atoms with Gasteiger partial charge in [0.05, 0.1) is 5.69 Å². The molecule has 0 aromatic heterocycles. The van der Waals surface area contributed by atoms with Gasteiger partial charge >= 0.3 is 0 Å². The van der Waals surface area contributed by atoms with E-state index >= 15 is 0 Å². The van der Waals surface area contributed by atoms with Gasteiger partial charge in [-0.05, 0) is 65.1 Å². The molecule has 0 amide bonds. The van der Waals surface area contributed by atoms with Gasteiger partial charge in [-0.1, -0.05) is 79.0 Å². The van der Waals surface area contributed by atoms with Crippen molar-refractivity contribution in [1.29, 1.82) is 0 Å². The summed E-state index contributed by atoms with van der Waals surface area (Å²) in [5.74, 6) is 0. The average molecular weight is 362 g/mol. The summed E-state index contributed by atoms with van der Waals surface area (Å²) >= 11 is 0. The molecule has 2 aromatic carbocycles. The predicted molar refractivity (Wildman–Crippen MR) is 121 cm³/mol. The molecule has 144 valence electrons. The van der Waals surface area contributed by atoms with Gasteiger partial charge in [-0.25, -0.2) is 0 Å². The Morgan fingerprint density at radius 2 is 1.26 bits per heavy atom. The first-order valence-corrected chi connectivity index (χ1v) is 9.70. The molecule has 0 aliphatic rings. The Balaban J connectivity index is 2.62. The largest absolute Gasteiger partial charge is 0.311 e. The van der Waals surface area contributed by atoms with Gasteiger partial charge in [0.1, 0.15) is 0 Å². The van der Waals surface area contributed by atoms with Crippen LogP contribution in [0.15, 0.2) is 61.3 Å². The number of aryl methyl sites for hydroxylation is 2. The van der Waals surface area contributed by atoms with E-state index < -0.39 is 0 Å². The van der Waals surface area contributed by atoms with E-state index in [9.17, 15) is 0 Å². The first-order chi connectivity index (χ1) is 12.4. The Hall–Kier alpha value is -2.28. The molecule has 1 heteroatoms. The van der Waals surface area contributed by atoms with Crippen molar-refractivity contribution in [3.05, 3.63) is 83.6 Å². The quantitative estimate of drug-likeness (QED) is 0.503. The topological polar surface area (TPSA) is 3.24 Å². The van der Waals surface area contributed by atoms with Gasteiger partial charge in [0.25, 0.3) is 0 Å². The summed E-state index contributed by atoms with van der Waals surface area (Å²) in [5, 5.41) is 0. The lowest BCUT2D eigenvalue weighted by Gasteiger charge is -2.31. The van der Waals surface area contributed by atoms with E-state index in [2.05, 4.69) is 110 Å². The molecule has 2 aromatic rings. The van der Waals surface area contributed by atoms with Crippen molar-refractivity contribution >= 4 is 11.4 Å². The standard InChI is InChI=1S/C26H35N/c1-11-20(4)27(23-14-12-21(13-15-23)25(5,6)7)24-18(2)16-22(17-19(24)3)26(8,9)10/h11-17H,1,4H2,2-3,5-10H3. The molecule has 27 heavy (non-hydrogen) atoms. The monoisotopic (exact) mass is 361 g/mol. The molecule has 2 rings (SSSR count). The second kappa shape index (κ2) is 7.38. The van der Waals surface area contributed by atoms with Crippen LogP contribution in [0.4, 0.5) is 11.4 Å². The summed E-state index contributed by atoms with van der Waals surface area (Å²) in [4.78, 5) is 2.22. The third-order valence-electron chi connectivity index (χ3n) is 5.10. The molecule has 0 aliphatic carbocycles. The van der Waals surface area contributed by atoms with Crippen LogP contribution in [-0.4, -0.2) is 0 Å². The van der Waals surface area contributed by atoms with Crippen molar-refractivity contribution in [2.45, 2.75) is 66.2 Å². The number of hydrogen-bond acceptors (Lipinski definition) is 1. The molecular formula is C26H35N. The normalized spacial score (nSPS) is 12.0. The molecule has 0 spiro atoms. The molecule has 0 radical (unpaired) electrons. The smallest absolute Gasteiger partial charge is 0.0519 e. The van der Waals surface area contributed by atoms with Gasteiger partial charge in [-0.15, -0.1) is 0 Å². The zero-order chi connectivity index (χ0) is 20.6. The van der Waals surface area contributed by atoms with Crippen LogP contribution in [0.2, 0.25) is 0 Å². The summed E-state index contributed by atoms with van der Waals surface area (Å²) in [6.07, 6.45) is 1.83. The van der Waals surface area contributed by atoms with Gasteiger partial charge in [-0.2, -0.15) is 0 Å². The van der Waals surface area contributed by atoms with Crippen molar-refractivity contribution in [2.24, 2.45) is 0 Å². The lowest BCUT2D eigenvalue weighted by atomic mass is 9.84. The van der Waals surface area contributed by atoms with E-state index in [-0.39, 0.29) is 10.8 Å². The van der Waals surface area contributed by atoms with E-state index in [4.69, 9.17) is 0 Å². The Labute approximate surface area is 166 Å². The summed E-state index contributed by atoms with van der Waals surface area (Å²) in [5.41, 5.74) is 8.64. The Morgan fingerprint density at radius 3 is 1.63 bits per heavy atom. The third kappa shape index (κ3) is 4.53. The van der Waals surface area contributed by atoms with Crippen molar-refractivity contribution in [2.75, 3.05) is 4.90 Å². The Bertz CT molecular complexity index is 816. The SMILES string of the molecule is C=CC(=C)N(c1ccc(C(C)(C)C)cc1)c1c(C)cc(C(C)(C)C)cc1C. The maximum Gasteiger partial charge on any atom is 0.0519 e. The van der Waals surface area contributed by atoms with Crippen LogP contribution in [-0.2, 0) is 10.8 Å². The lowest BCUT2D eigenvalue weighted by molar-refractivity contribution is 0.589. The van der Waals surface area contributed by atoms with E-state index in [0.717, 1.165) is 11.4 Å². The van der Waals surface area contributed by atoms with Crippen molar-refractivity contribution in [3.63, 3.8) is 0 Å². The van der Waals surface area contributed by atoms with Crippen molar-refractivity contribution in [3.8, 4) is 0 Å². The first-order valence-electron chi connectivity index (χ1n) is 9.70. The first kappa shape index (κ1) is 21.0. The molecule has 0 N–H and O–H groups in total. The molecule has 0 saturated heterocycles. The molecule has 0 saturated carbocycles. The van der Waals surface area contributed by atoms with Crippen LogP contribution in [0.3, 0.4) is 0 Å². The molecule has 0 aliphatic heterocycles. The fourth-order valence-corrected chi connectivity index (χ4v) is 3.38. The van der Waals surface area contributed by atoms with Gasteiger partial charge in [0, 0.05) is 11.4 Å². The van der Waals surface area contributed by atoms with Crippen LogP contribution in [0, 0.1) is 13.8 Å². The second-order valence-electron chi connectivity index (χ2n) is 9.54. The van der Waals surface area contributed by atoms with E-state index in [1.54, 1.807) is 0 Å². The van der Waals surface area contributed by atoms with Crippen LogP contribution >= 0.6 is 0 Å². The highest BCUT2D eigenvalue weighted by Gasteiger charge is 2.21. The molecule has 0 heterocycles. The highest BCUT2D eigenvalue weighted by molar-refractivity contribution is 5.75. The molecular weight excluding hydrogens is 326 g/mol. The van der Waals surface area contributed by atoms with E-state index in [0.29, 0.717) is 0 Å². The molecule has 1 nitrogen and oxygen atoms in total. The lowest BCUT2D eigenvalue weighted by Crippen LogP contribution is -2.19. The summed E-state index contributed by atoms with van der Waals surface area (Å²) < 4.78 is 0. The predicted octanol–water partition coefficient (Wildman–Crippen LogP) is 7.74. The zero-order valence-electron chi connectivity index (χ0n) is 18.4.